The molecule has 0 aliphatic carbocycles. The average Bonchev–Trinajstić information content (AvgIpc) is 2.69. The van der Waals surface area contributed by atoms with Crippen LogP contribution in [-0.2, 0) is 6.42 Å². The van der Waals surface area contributed by atoms with Crippen LogP contribution in [0, 0.1) is 0 Å². The van der Waals surface area contributed by atoms with E-state index in [1.54, 1.807) is 24.3 Å². The molecule has 0 aliphatic heterocycles. The third kappa shape index (κ3) is 4.55. The number of para-hydroxylation sites is 1. The number of anilines is 3. The number of Topliss-reactive ketones (excluding diaryl/α,β-unsaturated/α-hetero) is 1. The van der Waals surface area contributed by atoms with Crippen molar-refractivity contribution in [1.82, 2.24) is 9.97 Å². The van der Waals surface area contributed by atoms with Gasteiger partial charge in [-0.05, 0) is 49.2 Å². The first-order valence-corrected chi connectivity index (χ1v) is 8.66. The Morgan fingerprint density at radius 1 is 0.963 bits per heavy atom. The average molecular weight is 360 g/mol. The fraction of sp³-hybridized carbons (Fsp3) is 0.143. The van der Waals surface area contributed by atoms with Crippen LogP contribution in [0.5, 0.6) is 0 Å². The van der Waals surface area contributed by atoms with Crippen molar-refractivity contribution in [2.75, 3.05) is 10.6 Å². The fourth-order valence-electron chi connectivity index (χ4n) is 2.58. The maximum Gasteiger partial charge on any atom is 0.275 e. The molecule has 2 N–H and O–H groups in total. The molecule has 1 heterocycles. The van der Waals surface area contributed by atoms with Crippen LogP contribution in [0.25, 0.3) is 0 Å². The highest BCUT2D eigenvalue weighted by Crippen LogP contribution is 2.17. The number of nitrogens with zero attached hydrogens (tertiary/aromatic N) is 2. The summed E-state index contributed by atoms with van der Waals surface area (Å²) in [7, 11) is 0. The molecule has 0 saturated heterocycles. The normalized spacial score (nSPS) is 10.3. The molecule has 2 aromatic carbocycles. The number of rotatable bonds is 6. The first kappa shape index (κ1) is 18.3. The van der Waals surface area contributed by atoms with Crippen LogP contribution in [-0.4, -0.2) is 21.7 Å². The van der Waals surface area contributed by atoms with E-state index < -0.39 is 0 Å². The van der Waals surface area contributed by atoms with Gasteiger partial charge in [-0.25, -0.2) is 9.97 Å². The quantitative estimate of drug-likeness (QED) is 0.643. The minimum atomic E-state index is -0.305. The maximum absolute atomic E-state index is 12.4. The number of hydrogen-bond acceptors (Lipinski definition) is 5. The lowest BCUT2D eigenvalue weighted by molar-refractivity contribution is 0.101. The molecule has 0 unspecified atom stereocenters. The van der Waals surface area contributed by atoms with E-state index >= 15 is 0 Å². The lowest BCUT2D eigenvalue weighted by atomic mass is 10.1. The fourth-order valence-corrected chi connectivity index (χ4v) is 2.58. The molecule has 1 aromatic heterocycles. The summed E-state index contributed by atoms with van der Waals surface area (Å²) in [5, 5.41) is 5.96. The summed E-state index contributed by atoms with van der Waals surface area (Å²) in [6, 6.07) is 14.7. The summed E-state index contributed by atoms with van der Waals surface area (Å²) in [4.78, 5) is 32.1. The van der Waals surface area contributed by atoms with E-state index in [2.05, 4.69) is 20.6 Å². The molecule has 136 valence electrons. The van der Waals surface area contributed by atoms with Gasteiger partial charge in [-0.3, -0.25) is 9.59 Å². The van der Waals surface area contributed by atoms with Gasteiger partial charge in [-0.15, -0.1) is 0 Å². The highest BCUT2D eigenvalue weighted by atomic mass is 16.2. The summed E-state index contributed by atoms with van der Waals surface area (Å²) < 4.78 is 0. The SMILES string of the molecule is CCc1ccccc1NC(=O)c1cnc(Nc2ccc(C(C)=O)cc2)cn1. The minimum Gasteiger partial charge on any atom is -0.339 e. The second-order valence-electron chi connectivity index (χ2n) is 6.01. The zero-order valence-corrected chi connectivity index (χ0v) is 15.2. The smallest absolute Gasteiger partial charge is 0.275 e. The van der Waals surface area contributed by atoms with E-state index in [4.69, 9.17) is 0 Å². The van der Waals surface area contributed by atoms with Crippen molar-refractivity contribution in [3.8, 4) is 0 Å². The Bertz CT molecular complexity index is 951. The van der Waals surface area contributed by atoms with Gasteiger partial charge in [0.05, 0.1) is 12.4 Å². The van der Waals surface area contributed by atoms with Gasteiger partial charge in [0, 0.05) is 16.9 Å². The van der Waals surface area contributed by atoms with Gasteiger partial charge in [-0.1, -0.05) is 25.1 Å². The largest absolute Gasteiger partial charge is 0.339 e. The van der Waals surface area contributed by atoms with E-state index in [1.165, 1.54) is 19.3 Å². The van der Waals surface area contributed by atoms with Crippen LogP contribution in [0.4, 0.5) is 17.2 Å². The standard InChI is InChI=1S/C21H20N4O2/c1-3-15-6-4-5-7-18(15)25-21(27)19-12-23-20(13-22-19)24-17-10-8-16(9-11-17)14(2)26/h4-13H,3H2,1-2H3,(H,23,24)(H,25,27). The van der Waals surface area contributed by atoms with Gasteiger partial charge < -0.3 is 10.6 Å². The highest BCUT2D eigenvalue weighted by molar-refractivity contribution is 6.03. The van der Waals surface area contributed by atoms with Gasteiger partial charge in [-0.2, -0.15) is 0 Å². The summed E-state index contributed by atoms with van der Waals surface area (Å²) in [6.45, 7) is 3.56. The topological polar surface area (TPSA) is 84.0 Å². The Kier molecular flexibility index (Phi) is 5.56. The Hall–Kier alpha value is -3.54. The van der Waals surface area contributed by atoms with E-state index in [1.807, 2.05) is 31.2 Å². The first-order valence-electron chi connectivity index (χ1n) is 8.66. The van der Waals surface area contributed by atoms with Crippen molar-refractivity contribution < 1.29 is 9.59 Å². The Morgan fingerprint density at radius 3 is 2.33 bits per heavy atom. The zero-order chi connectivity index (χ0) is 19.2. The molecule has 6 nitrogen and oxygen atoms in total. The van der Waals surface area contributed by atoms with Crippen molar-refractivity contribution >= 4 is 28.9 Å². The van der Waals surface area contributed by atoms with Gasteiger partial charge >= 0.3 is 0 Å². The van der Waals surface area contributed by atoms with Crippen molar-refractivity contribution in [2.45, 2.75) is 20.3 Å². The summed E-state index contributed by atoms with van der Waals surface area (Å²) in [6.07, 6.45) is 3.75. The second-order valence-corrected chi connectivity index (χ2v) is 6.01. The maximum atomic E-state index is 12.4. The third-order valence-corrected chi connectivity index (χ3v) is 4.09. The van der Waals surface area contributed by atoms with Crippen molar-refractivity contribution in [3.63, 3.8) is 0 Å². The molecule has 0 aliphatic rings. The third-order valence-electron chi connectivity index (χ3n) is 4.09. The molecule has 0 spiro atoms. The Balaban J connectivity index is 1.67. The Morgan fingerprint density at radius 2 is 1.70 bits per heavy atom. The number of hydrogen-bond donors (Lipinski definition) is 2. The molecule has 0 radical (unpaired) electrons. The number of ketones is 1. The van der Waals surface area contributed by atoms with E-state index in [-0.39, 0.29) is 17.4 Å². The van der Waals surface area contributed by atoms with Gasteiger partial charge in [0.1, 0.15) is 11.5 Å². The lowest BCUT2D eigenvalue weighted by Gasteiger charge is -2.10. The van der Waals surface area contributed by atoms with E-state index in [0.29, 0.717) is 11.4 Å². The van der Waals surface area contributed by atoms with Gasteiger partial charge in [0.15, 0.2) is 5.78 Å². The second kappa shape index (κ2) is 8.23. The molecule has 0 saturated carbocycles. The number of benzene rings is 2. The van der Waals surface area contributed by atoms with Crippen LogP contribution in [0.15, 0.2) is 60.9 Å². The molecule has 0 bridgehead atoms. The number of amides is 1. The molecule has 0 fully saturated rings. The first-order chi connectivity index (χ1) is 13.1. The molecule has 3 rings (SSSR count). The van der Waals surface area contributed by atoms with Crippen LogP contribution < -0.4 is 10.6 Å². The number of aromatic nitrogens is 2. The van der Waals surface area contributed by atoms with Crippen molar-refractivity contribution in [1.29, 1.82) is 0 Å². The summed E-state index contributed by atoms with van der Waals surface area (Å²) in [5.74, 6) is 0.221. The van der Waals surface area contributed by atoms with Gasteiger partial charge in [0.2, 0.25) is 0 Å². The molecule has 1 amide bonds. The summed E-state index contributed by atoms with van der Waals surface area (Å²) >= 11 is 0. The van der Waals surface area contributed by atoms with E-state index in [9.17, 15) is 9.59 Å². The van der Waals surface area contributed by atoms with Crippen LogP contribution in [0.3, 0.4) is 0 Å². The molecular weight excluding hydrogens is 340 g/mol. The van der Waals surface area contributed by atoms with Crippen LogP contribution in [0.1, 0.15) is 40.3 Å². The lowest BCUT2D eigenvalue weighted by Crippen LogP contribution is -2.15. The van der Waals surface area contributed by atoms with Crippen molar-refractivity contribution in [2.24, 2.45) is 0 Å². The predicted molar refractivity (Wildman–Crippen MR) is 106 cm³/mol. The number of aryl methyl sites for hydroxylation is 1. The molecule has 3 aromatic rings. The zero-order valence-electron chi connectivity index (χ0n) is 15.2. The minimum absolute atomic E-state index is 0.0151. The number of carbonyl (C=O) groups is 2. The van der Waals surface area contributed by atoms with Crippen molar-refractivity contribution in [3.05, 3.63) is 77.7 Å². The predicted octanol–water partition coefficient (Wildman–Crippen LogP) is 4.24. The molecule has 0 atom stereocenters. The van der Waals surface area contributed by atoms with E-state index in [0.717, 1.165) is 23.4 Å². The molecule has 27 heavy (non-hydrogen) atoms. The van der Waals surface area contributed by atoms with Crippen LogP contribution >= 0.6 is 0 Å². The molecular formula is C21H20N4O2. The summed E-state index contributed by atoms with van der Waals surface area (Å²) in [5.41, 5.74) is 3.50. The number of nitrogens with one attached hydrogen (secondary N) is 2. The Labute approximate surface area is 157 Å². The monoisotopic (exact) mass is 360 g/mol. The molecule has 6 heteroatoms. The van der Waals surface area contributed by atoms with Gasteiger partial charge in [0.25, 0.3) is 5.91 Å². The van der Waals surface area contributed by atoms with Crippen LogP contribution in [0.2, 0.25) is 0 Å². The highest BCUT2D eigenvalue weighted by Gasteiger charge is 2.10. The number of carbonyl (C=O) groups excluding carboxylic acids is 2.